The summed E-state index contributed by atoms with van der Waals surface area (Å²) in [5.41, 5.74) is 0.150. The molecule has 0 bridgehead atoms. The fourth-order valence-electron chi connectivity index (χ4n) is 0.617. The molecule has 0 heterocycles. The van der Waals surface area contributed by atoms with Gasteiger partial charge in [0.1, 0.15) is 0 Å². The van der Waals surface area contributed by atoms with Crippen LogP contribution >= 0.6 is 0 Å². The first-order valence-corrected chi connectivity index (χ1v) is 3.56. The highest BCUT2D eigenvalue weighted by Crippen LogP contribution is 2.04. The number of methoxy groups -OCH3 is 1. The molecular formula is C9H11NO3. The third-order valence-corrected chi connectivity index (χ3v) is 1.28. The van der Waals surface area contributed by atoms with Crippen molar-refractivity contribution in [3.63, 3.8) is 0 Å². The number of hydrogen-bond acceptors (Lipinski definition) is 4. The molecule has 0 saturated heterocycles. The molecular weight excluding hydrogens is 170 g/mol. The van der Waals surface area contributed by atoms with E-state index in [4.69, 9.17) is 14.7 Å². The van der Waals surface area contributed by atoms with E-state index >= 15 is 0 Å². The lowest BCUT2D eigenvalue weighted by Crippen LogP contribution is -2.23. The maximum Gasteiger partial charge on any atom is 0.330 e. The second kappa shape index (κ2) is 5.98. The van der Waals surface area contributed by atoms with E-state index in [0.29, 0.717) is 0 Å². The highest BCUT2D eigenvalue weighted by atomic mass is 16.6. The summed E-state index contributed by atoms with van der Waals surface area (Å²) in [4.78, 5) is 10.8. The van der Waals surface area contributed by atoms with E-state index in [1.807, 2.05) is 0 Å². The van der Waals surface area contributed by atoms with Crippen LogP contribution in [0.4, 0.5) is 0 Å². The summed E-state index contributed by atoms with van der Waals surface area (Å²) in [5.74, 6) is -0.599. The van der Waals surface area contributed by atoms with Gasteiger partial charge in [-0.1, -0.05) is 13.2 Å². The average Bonchev–Trinajstić information content (AvgIpc) is 2.15. The molecule has 1 unspecified atom stereocenters. The molecule has 0 N–H and O–H groups in total. The average molecular weight is 181 g/mol. The Balaban J connectivity index is 4.26. The van der Waals surface area contributed by atoms with Crippen LogP contribution in [0.3, 0.4) is 0 Å². The smallest absolute Gasteiger partial charge is 0.330 e. The van der Waals surface area contributed by atoms with Crippen molar-refractivity contribution >= 4 is 5.97 Å². The van der Waals surface area contributed by atoms with Gasteiger partial charge in [-0.25, -0.2) is 4.79 Å². The van der Waals surface area contributed by atoms with Crippen LogP contribution in [0, 0.1) is 11.3 Å². The van der Waals surface area contributed by atoms with Gasteiger partial charge in [-0.15, -0.1) is 0 Å². The van der Waals surface area contributed by atoms with Crippen LogP contribution in [0.25, 0.3) is 0 Å². The van der Waals surface area contributed by atoms with Gasteiger partial charge in [0.25, 0.3) is 0 Å². The molecule has 4 nitrogen and oxygen atoms in total. The summed E-state index contributed by atoms with van der Waals surface area (Å²) in [6.45, 7) is 6.77. The van der Waals surface area contributed by atoms with Crippen molar-refractivity contribution in [1.29, 1.82) is 5.26 Å². The molecule has 0 aromatic carbocycles. The Kier molecular flexibility index (Phi) is 5.24. The zero-order valence-electron chi connectivity index (χ0n) is 7.45. The molecule has 0 radical (unpaired) electrons. The van der Waals surface area contributed by atoms with Gasteiger partial charge in [0.05, 0.1) is 18.2 Å². The van der Waals surface area contributed by atoms with Crippen LogP contribution in [-0.2, 0) is 14.3 Å². The second-order valence-corrected chi connectivity index (χ2v) is 2.22. The van der Waals surface area contributed by atoms with Gasteiger partial charge in [0.15, 0.2) is 6.10 Å². The highest BCUT2D eigenvalue weighted by Gasteiger charge is 2.15. The van der Waals surface area contributed by atoms with Crippen LogP contribution in [0.2, 0.25) is 0 Å². The summed E-state index contributed by atoms with van der Waals surface area (Å²) in [6.07, 6.45) is 0.299. The standard InChI is InChI=1S/C9H11NO3/c1-4-9(11)13-8(6-12-3)7(2)5-10/h4,8H,1-2,6H2,3H3. The fourth-order valence-corrected chi connectivity index (χ4v) is 0.617. The van der Waals surface area contributed by atoms with Crippen molar-refractivity contribution in [2.75, 3.05) is 13.7 Å². The van der Waals surface area contributed by atoms with E-state index in [9.17, 15) is 4.79 Å². The molecule has 1 atom stereocenters. The maximum absolute atomic E-state index is 10.8. The predicted octanol–water partition coefficient (Wildman–Crippen LogP) is 0.810. The van der Waals surface area contributed by atoms with Crippen molar-refractivity contribution in [1.82, 2.24) is 0 Å². The minimum absolute atomic E-state index is 0.117. The van der Waals surface area contributed by atoms with E-state index in [0.717, 1.165) is 6.08 Å². The molecule has 13 heavy (non-hydrogen) atoms. The molecule has 0 aliphatic heterocycles. The molecule has 0 spiro atoms. The van der Waals surface area contributed by atoms with Crippen molar-refractivity contribution in [2.45, 2.75) is 6.10 Å². The topological polar surface area (TPSA) is 59.3 Å². The van der Waals surface area contributed by atoms with Gasteiger partial charge in [-0.05, 0) is 0 Å². The van der Waals surface area contributed by atoms with Crippen LogP contribution in [0.1, 0.15) is 0 Å². The molecule has 70 valence electrons. The van der Waals surface area contributed by atoms with E-state index in [-0.39, 0.29) is 12.2 Å². The first-order chi connectivity index (χ1) is 6.15. The molecule has 0 fully saturated rings. The zero-order chi connectivity index (χ0) is 10.3. The summed E-state index contributed by atoms with van der Waals surface area (Å²) in [5, 5.41) is 8.50. The van der Waals surface area contributed by atoms with Crippen molar-refractivity contribution in [2.24, 2.45) is 0 Å². The maximum atomic E-state index is 10.8. The number of carbonyl (C=O) groups is 1. The highest BCUT2D eigenvalue weighted by molar-refractivity contribution is 5.81. The normalized spacial score (nSPS) is 11.1. The van der Waals surface area contributed by atoms with Gasteiger partial charge in [-0.2, -0.15) is 5.26 Å². The minimum Gasteiger partial charge on any atom is -0.451 e. The van der Waals surface area contributed by atoms with Crippen LogP contribution in [-0.4, -0.2) is 25.8 Å². The predicted molar refractivity (Wildman–Crippen MR) is 46.7 cm³/mol. The van der Waals surface area contributed by atoms with Gasteiger partial charge in [0.2, 0.25) is 0 Å². The largest absolute Gasteiger partial charge is 0.451 e. The van der Waals surface area contributed by atoms with Crippen molar-refractivity contribution in [3.05, 3.63) is 24.8 Å². The summed E-state index contributed by atoms with van der Waals surface area (Å²) in [7, 11) is 1.44. The molecule has 0 aromatic heterocycles. The van der Waals surface area contributed by atoms with Crippen LogP contribution < -0.4 is 0 Å². The number of hydrogen-bond donors (Lipinski definition) is 0. The van der Waals surface area contributed by atoms with E-state index in [1.165, 1.54) is 7.11 Å². The van der Waals surface area contributed by atoms with E-state index < -0.39 is 12.1 Å². The number of nitriles is 1. The lowest BCUT2D eigenvalue weighted by molar-refractivity contribution is -0.143. The molecule has 0 aromatic rings. The van der Waals surface area contributed by atoms with E-state index in [2.05, 4.69) is 13.2 Å². The number of esters is 1. The zero-order valence-corrected chi connectivity index (χ0v) is 7.45. The number of rotatable bonds is 5. The molecule has 0 rings (SSSR count). The third-order valence-electron chi connectivity index (χ3n) is 1.28. The van der Waals surface area contributed by atoms with Gasteiger partial charge in [0, 0.05) is 13.2 Å². The lowest BCUT2D eigenvalue weighted by atomic mass is 10.2. The van der Waals surface area contributed by atoms with Gasteiger partial charge >= 0.3 is 5.97 Å². The monoisotopic (exact) mass is 181 g/mol. The summed E-state index contributed by atoms with van der Waals surface area (Å²) in [6, 6.07) is 1.79. The lowest BCUT2D eigenvalue weighted by Gasteiger charge is -2.13. The summed E-state index contributed by atoms with van der Waals surface area (Å²) < 4.78 is 9.54. The Hall–Kier alpha value is -1.60. The Morgan fingerprint density at radius 3 is 2.77 bits per heavy atom. The van der Waals surface area contributed by atoms with E-state index in [1.54, 1.807) is 6.07 Å². The van der Waals surface area contributed by atoms with Crippen molar-refractivity contribution < 1.29 is 14.3 Å². The van der Waals surface area contributed by atoms with Crippen molar-refractivity contribution in [3.8, 4) is 6.07 Å². The summed E-state index contributed by atoms with van der Waals surface area (Å²) >= 11 is 0. The third kappa shape index (κ3) is 4.09. The Morgan fingerprint density at radius 1 is 1.77 bits per heavy atom. The fraction of sp³-hybridized carbons (Fsp3) is 0.333. The molecule has 0 amide bonds. The Bertz CT molecular complexity index is 252. The van der Waals surface area contributed by atoms with Gasteiger partial charge < -0.3 is 9.47 Å². The quantitative estimate of drug-likeness (QED) is 0.358. The SMILES string of the molecule is C=CC(=O)OC(COC)C(=C)C#N. The number of ether oxygens (including phenoxy) is 2. The molecule has 0 saturated carbocycles. The van der Waals surface area contributed by atoms with Crippen LogP contribution in [0.15, 0.2) is 24.8 Å². The second-order valence-electron chi connectivity index (χ2n) is 2.22. The molecule has 4 heteroatoms. The van der Waals surface area contributed by atoms with Crippen LogP contribution in [0.5, 0.6) is 0 Å². The Morgan fingerprint density at radius 2 is 2.38 bits per heavy atom. The van der Waals surface area contributed by atoms with Gasteiger partial charge in [-0.3, -0.25) is 0 Å². The molecule has 0 aliphatic carbocycles. The first kappa shape index (κ1) is 11.4. The first-order valence-electron chi connectivity index (χ1n) is 3.56. The Labute approximate surface area is 77.1 Å². The number of carbonyl (C=O) groups excluding carboxylic acids is 1. The number of nitrogens with zero attached hydrogens (tertiary/aromatic N) is 1. The molecule has 0 aliphatic rings. The minimum atomic E-state index is -0.722.